The molecular formula is C14H17N3O2. The van der Waals surface area contributed by atoms with Crippen LogP contribution >= 0.6 is 0 Å². The SMILES string of the molecule is CN1CCCC(n2ccc3ccc([N+](=O)[O-])cc32)C1. The summed E-state index contributed by atoms with van der Waals surface area (Å²) in [5, 5.41) is 12.0. The molecule has 1 aromatic carbocycles. The molecule has 1 atom stereocenters. The van der Waals surface area contributed by atoms with Gasteiger partial charge in [0.25, 0.3) is 5.69 Å². The van der Waals surface area contributed by atoms with Gasteiger partial charge in [-0.05, 0) is 38.6 Å². The van der Waals surface area contributed by atoms with Gasteiger partial charge < -0.3 is 9.47 Å². The Morgan fingerprint density at radius 1 is 1.37 bits per heavy atom. The van der Waals surface area contributed by atoms with Crippen molar-refractivity contribution in [3.8, 4) is 0 Å². The Kier molecular flexibility index (Phi) is 2.98. The van der Waals surface area contributed by atoms with Gasteiger partial charge in [0.1, 0.15) is 0 Å². The fourth-order valence-electron chi connectivity index (χ4n) is 2.94. The fraction of sp³-hybridized carbons (Fsp3) is 0.429. The number of nitro benzene ring substituents is 1. The first kappa shape index (κ1) is 12.2. The van der Waals surface area contributed by atoms with E-state index in [0.29, 0.717) is 6.04 Å². The van der Waals surface area contributed by atoms with Gasteiger partial charge in [-0.2, -0.15) is 0 Å². The molecule has 3 rings (SSSR count). The summed E-state index contributed by atoms with van der Waals surface area (Å²) < 4.78 is 2.19. The van der Waals surface area contributed by atoms with Gasteiger partial charge in [0.15, 0.2) is 0 Å². The molecule has 2 heterocycles. The van der Waals surface area contributed by atoms with Crippen molar-refractivity contribution < 1.29 is 4.92 Å². The maximum absolute atomic E-state index is 10.9. The summed E-state index contributed by atoms with van der Waals surface area (Å²) in [5.41, 5.74) is 1.13. The molecule has 2 aromatic rings. The number of nitrogens with zero attached hydrogens (tertiary/aromatic N) is 3. The third kappa shape index (κ3) is 2.21. The van der Waals surface area contributed by atoms with Crippen molar-refractivity contribution in [1.29, 1.82) is 0 Å². The third-order valence-corrected chi connectivity index (χ3v) is 3.91. The molecule has 0 aliphatic carbocycles. The summed E-state index contributed by atoms with van der Waals surface area (Å²) in [6.07, 6.45) is 4.37. The Morgan fingerprint density at radius 3 is 2.95 bits per heavy atom. The van der Waals surface area contributed by atoms with E-state index in [4.69, 9.17) is 0 Å². The first-order valence-corrected chi connectivity index (χ1v) is 6.58. The van der Waals surface area contributed by atoms with Crippen LogP contribution < -0.4 is 0 Å². The van der Waals surface area contributed by atoms with Crippen molar-refractivity contribution in [3.05, 3.63) is 40.6 Å². The van der Waals surface area contributed by atoms with Crippen LogP contribution in [0.2, 0.25) is 0 Å². The van der Waals surface area contributed by atoms with Crippen molar-refractivity contribution in [2.75, 3.05) is 20.1 Å². The van der Waals surface area contributed by atoms with E-state index in [2.05, 4.69) is 22.7 Å². The minimum absolute atomic E-state index is 0.164. The standard InChI is InChI=1S/C14H17N3O2/c1-15-7-2-3-13(10-15)16-8-6-11-4-5-12(17(18)19)9-14(11)16/h4-6,8-9,13H,2-3,7,10H2,1H3. The summed E-state index contributed by atoms with van der Waals surface area (Å²) in [6.45, 7) is 2.14. The number of piperidine rings is 1. The molecular weight excluding hydrogens is 242 g/mol. The van der Waals surface area contributed by atoms with E-state index in [9.17, 15) is 10.1 Å². The van der Waals surface area contributed by atoms with Crippen molar-refractivity contribution in [3.63, 3.8) is 0 Å². The number of aromatic nitrogens is 1. The molecule has 0 spiro atoms. The summed E-state index contributed by atoms with van der Waals surface area (Å²) in [5.74, 6) is 0. The van der Waals surface area contributed by atoms with Gasteiger partial charge in [-0.15, -0.1) is 0 Å². The molecule has 5 heteroatoms. The number of hydrogen-bond acceptors (Lipinski definition) is 3. The van der Waals surface area contributed by atoms with Crippen molar-refractivity contribution >= 4 is 16.6 Å². The van der Waals surface area contributed by atoms with Crippen molar-refractivity contribution in [2.45, 2.75) is 18.9 Å². The Bertz CT molecular complexity index is 620. The number of nitro groups is 1. The molecule has 1 saturated heterocycles. The van der Waals surface area contributed by atoms with Crippen LogP contribution in [-0.2, 0) is 0 Å². The lowest BCUT2D eigenvalue weighted by Crippen LogP contribution is -2.33. The van der Waals surface area contributed by atoms with E-state index in [1.165, 1.54) is 6.42 Å². The van der Waals surface area contributed by atoms with Crippen LogP contribution in [0.4, 0.5) is 5.69 Å². The lowest BCUT2D eigenvalue weighted by Gasteiger charge is -2.31. The van der Waals surface area contributed by atoms with E-state index in [1.807, 2.05) is 12.1 Å². The number of benzene rings is 1. The van der Waals surface area contributed by atoms with Gasteiger partial charge >= 0.3 is 0 Å². The van der Waals surface area contributed by atoms with Gasteiger partial charge in [-0.1, -0.05) is 0 Å². The van der Waals surface area contributed by atoms with E-state index >= 15 is 0 Å². The van der Waals surface area contributed by atoms with Gasteiger partial charge in [-0.3, -0.25) is 10.1 Å². The van der Waals surface area contributed by atoms with Gasteiger partial charge in [0.2, 0.25) is 0 Å². The molecule has 0 radical (unpaired) electrons. The molecule has 1 aliphatic rings. The minimum Gasteiger partial charge on any atom is -0.343 e. The van der Waals surface area contributed by atoms with E-state index in [1.54, 1.807) is 12.1 Å². The molecule has 1 aromatic heterocycles. The number of rotatable bonds is 2. The topological polar surface area (TPSA) is 51.3 Å². The summed E-state index contributed by atoms with van der Waals surface area (Å²) in [7, 11) is 2.13. The first-order valence-electron chi connectivity index (χ1n) is 6.58. The maximum atomic E-state index is 10.9. The normalized spacial score (nSPS) is 20.8. The average Bonchev–Trinajstić information content (AvgIpc) is 2.81. The van der Waals surface area contributed by atoms with Crippen LogP contribution in [-0.4, -0.2) is 34.5 Å². The smallest absolute Gasteiger partial charge is 0.271 e. The second-order valence-corrected chi connectivity index (χ2v) is 5.28. The van der Waals surface area contributed by atoms with Crippen LogP contribution in [0.3, 0.4) is 0 Å². The summed E-state index contributed by atoms with van der Waals surface area (Å²) in [6, 6.07) is 7.53. The van der Waals surface area contributed by atoms with Crippen LogP contribution in [0.25, 0.3) is 10.9 Å². The van der Waals surface area contributed by atoms with Crippen LogP contribution in [0.1, 0.15) is 18.9 Å². The molecule has 100 valence electrons. The molecule has 1 fully saturated rings. The quantitative estimate of drug-likeness (QED) is 0.615. The molecule has 5 nitrogen and oxygen atoms in total. The molecule has 1 unspecified atom stereocenters. The second kappa shape index (κ2) is 4.66. The highest BCUT2D eigenvalue weighted by Crippen LogP contribution is 2.28. The predicted octanol–water partition coefficient (Wildman–Crippen LogP) is 2.82. The lowest BCUT2D eigenvalue weighted by atomic mass is 10.1. The Hall–Kier alpha value is -1.88. The summed E-state index contributed by atoms with van der Waals surface area (Å²) >= 11 is 0. The zero-order chi connectivity index (χ0) is 13.4. The van der Waals surface area contributed by atoms with E-state index in [-0.39, 0.29) is 10.6 Å². The highest BCUT2D eigenvalue weighted by Gasteiger charge is 2.20. The first-order chi connectivity index (χ1) is 9.15. The number of likely N-dealkylation sites (N-methyl/N-ethyl adjacent to an activating group) is 1. The van der Waals surface area contributed by atoms with Gasteiger partial charge in [0.05, 0.1) is 10.4 Å². The van der Waals surface area contributed by atoms with Crippen LogP contribution in [0.15, 0.2) is 30.5 Å². The predicted molar refractivity (Wildman–Crippen MR) is 74.4 cm³/mol. The van der Waals surface area contributed by atoms with Gasteiger partial charge in [0, 0.05) is 36.3 Å². The van der Waals surface area contributed by atoms with Crippen LogP contribution in [0.5, 0.6) is 0 Å². The maximum Gasteiger partial charge on any atom is 0.271 e. The van der Waals surface area contributed by atoms with Crippen molar-refractivity contribution in [1.82, 2.24) is 9.47 Å². The Balaban J connectivity index is 2.03. The zero-order valence-electron chi connectivity index (χ0n) is 11.0. The Morgan fingerprint density at radius 2 is 2.21 bits per heavy atom. The number of non-ortho nitro benzene ring substituents is 1. The van der Waals surface area contributed by atoms with E-state index in [0.717, 1.165) is 30.4 Å². The molecule has 1 aliphatic heterocycles. The average molecular weight is 259 g/mol. The number of likely N-dealkylation sites (tertiary alicyclic amines) is 1. The second-order valence-electron chi connectivity index (χ2n) is 5.28. The molecule has 0 N–H and O–H groups in total. The summed E-state index contributed by atoms with van der Waals surface area (Å²) in [4.78, 5) is 12.9. The Labute approximate surface area is 111 Å². The zero-order valence-corrected chi connectivity index (χ0v) is 11.0. The van der Waals surface area contributed by atoms with Crippen molar-refractivity contribution in [2.24, 2.45) is 0 Å². The van der Waals surface area contributed by atoms with Crippen LogP contribution in [0, 0.1) is 10.1 Å². The molecule has 19 heavy (non-hydrogen) atoms. The highest BCUT2D eigenvalue weighted by atomic mass is 16.6. The largest absolute Gasteiger partial charge is 0.343 e. The number of hydrogen-bond donors (Lipinski definition) is 0. The van der Waals surface area contributed by atoms with Gasteiger partial charge in [-0.25, -0.2) is 0 Å². The lowest BCUT2D eigenvalue weighted by molar-refractivity contribution is -0.384. The monoisotopic (exact) mass is 259 g/mol. The third-order valence-electron chi connectivity index (χ3n) is 3.91. The molecule has 0 bridgehead atoms. The fourth-order valence-corrected chi connectivity index (χ4v) is 2.94. The number of fused-ring (bicyclic) bond motifs is 1. The van der Waals surface area contributed by atoms with E-state index < -0.39 is 0 Å². The molecule has 0 saturated carbocycles. The highest BCUT2D eigenvalue weighted by molar-refractivity contribution is 5.82. The molecule has 0 amide bonds. The minimum atomic E-state index is -0.330.